The van der Waals surface area contributed by atoms with Crippen LogP contribution in [0.25, 0.3) is 22.3 Å². The summed E-state index contributed by atoms with van der Waals surface area (Å²) < 4.78 is 79.2. The van der Waals surface area contributed by atoms with Crippen LogP contribution in [0.5, 0.6) is 0 Å². The van der Waals surface area contributed by atoms with Crippen LogP contribution in [0.1, 0.15) is 12.5 Å². The van der Waals surface area contributed by atoms with Gasteiger partial charge < -0.3 is 26.0 Å². The molecular formula is C20H23FN10O9P2S2. The van der Waals surface area contributed by atoms with Crippen molar-refractivity contribution in [2.75, 3.05) is 24.7 Å². The van der Waals surface area contributed by atoms with Gasteiger partial charge in [-0.25, -0.2) is 43.4 Å². The topological polar surface area (TPSA) is 249 Å². The molecule has 3 aliphatic heterocycles. The number of aromatic nitrogens is 8. The number of halogens is 1. The highest BCUT2D eigenvalue weighted by atomic mass is 32.7. The van der Waals surface area contributed by atoms with Gasteiger partial charge in [-0.2, -0.15) is 0 Å². The van der Waals surface area contributed by atoms with E-state index in [0.717, 1.165) is 0 Å². The fraction of sp³-hybridized carbons (Fsp3) is 0.500. The summed E-state index contributed by atoms with van der Waals surface area (Å²) in [5.41, 5.74) is 12.5. The molecule has 24 heteroatoms. The van der Waals surface area contributed by atoms with Crippen molar-refractivity contribution in [3.63, 3.8) is 0 Å². The molecule has 7 heterocycles. The minimum Gasteiger partial charge on any atom is -0.386 e. The molecule has 4 aromatic heterocycles. The Kier molecular flexibility index (Phi) is 7.61. The van der Waals surface area contributed by atoms with E-state index >= 15 is 4.39 Å². The molecule has 0 bridgehead atoms. The highest BCUT2D eigenvalue weighted by Crippen LogP contribution is 2.60. The third-order valence-corrected chi connectivity index (χ3v) is 10.4. The van der Waals surface area contributed by atoms with Crippen molar-refractivity contribution in [1.29, 1.82) is 0 Å². The van der Waals surface area contributed by atoms with Crippen LogP contribution in [0.2, 0.25) is 0 Å². The molecule has 19 nitrogen and oxygen atoms in total. The van der Waals surface area contributed by atoms with Crippen molar-refractivity contribution < 1.29 is 46.2 Å². The average Bonchev–Trinajstić information content (AvgIpc) is 3.73. The molecule has 0 aromatic carbocycles. The van der Waals surface area contributed by atoms with Gasteiger partial charge >= 0.3 is 13.6 Å². The monoisotopic (exact) mass is 692 g/mol. The molecule has 4 aromatic rings. The lowest BCUT2D eigenvalue weighted by molar-refractivity contribution is -0.0555. The normalized spacial score (nSPS) is 38.3. The SMILES string of the molecule is Nc1ncnc2c1ncn2[C@@H]1O[C@@H]2CO[P@](=O)(S)O[C@H]3[C@@H](F)[C@H](n4cnc5c(N)ncnc54)O[C@@H]3CO[P@](=O)(S)O[C@H]2[C@H]1O. The zero-order valence-corrected chi connectivity index (χ0v) is 25.5. The Morgan fingerprint density at radius 3 is 1.84 bits per heavy atom. The predicted octanol–water partition coefficient (Wildman–Crippen LogP) is 1.22. The van der Waals surface area contributed by atoms with E-state index in [1.807, 2.05) is 0 Å². The van der Waals surface area contributed by atoms with Crippen LogP contribution in [0.15, 0.2) is 25.3 Å². The lowest BCUT2D eigenvalue weighted by Crippen LogP contribution is -2.37. The number of thiol groups is 2. The van der Waals surface area contributed by atoms with Crippen LogP contribution in [-0.4, -0.2) is 94.0 Å². The van der Waals surface area contributed by atoms with Crippen molar-refractivity contribution in [2.24, 2.45) is 0 Å². The number of aliphatic hydroxyl groups is 1. The van der Waals surface area contributed by atoms with Gasteiger partial charge in [0.1, 0.15) is 54.2 Å². The number of ether oxygens (including phenoxy) is 2. The Labute approximate surface area is 256 Å². The van der Waals surface area contributed by atoms with Gasteiger partial charge in [0, 0.05) is 0 Å². The quantitative estimate of drug-likeness (QED) is 0.146. The average molecular weight is 693 g/mol. The molecule has 0 aliphatic carbocycles. The van der Waals surface area contributed by atoms with Crippen LogP contribution in [0.3, 0.4) is 0 Å². The molecule has 3 fully saturated rings. The van der Waals surface area contributed by atoms with Gasteiger partial charge in [0.2, 0.25) is 0 Å². The molecule has 3 saturated heterocycles. The first-order chi connectivity index (χ1) is 20.9. The number of nitrogen functional groups attached to an aromatic ring is 2. The molecule has 5 N–H and O–H groups in total. The second kappa shape index (κ2) is 11.1. The number of aliphatic hydroxyl groups excluding tert-OH is 1. The van der Waals surface area contributed by atoms with Crippen LogP contribution in [-0.2, 0) is 36.7 Å². The Morgan fingerprint density at radius 2 is 1.27 bits per heavy atom. The molecule has 10 atom stereocenters. The van der Waals surface area contributed by atoms with E-state index in [2.05, 4.69) is 54.4 Å². The Hall–Kier alpha value is -2.49. The first-order valence-electron chi connectivity index (χ1n) is 12.7. The van der Waals surface area contributed by atoms with E-state index < -0.39 is 76.0 Å². The number of fused-ring (bicyclic) bond motifs is 4. The summed E-state index contributed by atoms with van der Waals surface area (Å²) in [4.78, 5) is 24.2. The van der Waals surface area contributed by atoms with E-state index in [-0.39, 0.29) is 34.0 Å². The smallest absolute Gasteiger partial charge is 0.386 e. The summed E-state index contributed by atoms with van der Waals surface area (Å²) in [7, 11) is 0. The maximum Gasteiger partial charge on any atom is 0.386 e. The molecule has 7 rings (SSSR count). The van der Waals surface area contributed by atoms with Gasteiger partial charge in [-0.3, -0.25) is 27.2 Å². The van der Waals surface area contributed by atoms with Crippen molar-refractivity contribution >= 4 is 72.1 Å². The zero-order valence-electron chi connectivity index (χ0n) is 22.0. The molecule has 236 valence electrons. The molecule has 0 amide bonds. The van der Waals surface area contributed by atoms with Gasteiger partial charge in [-0.15, -0.1) is 0 Å². The maximum atomic E-state index is 16.0. The summed E-state index contributed by atoms with van der Waals surface area (Å²) in [6.45, 7) is -9.83. The third-order valence-electron chi connectivity index (χ3n) is 7.21. The van der Waals surface area contributed by atoms with Gasteiger partial charge in [0.15, 0.2) is 41.6 Å². The van der Waals surface area contributed by atoms with E-state index in [4.69, 9.17) is 39.0 Å². The van der Waals surface area contributed by atoms with Crippen LogP contribution in [0, 0.1) is 0 Å². The van der Waals surface area contributed by atoms with E-state index in [1.165, 1.54) is 34.4 Å². The van der Waals surface area contributed by atoms with E-state index in [1.54, 1.807) is 0 Å². The number of alkyl halides is 1. The van der Waals surface area contributed by atoms with E-state index in [0.29, 0.717) is 0 Å². The lowest BCUT2D eigenvalue weighted by Gasteiger charge is -2.28. The molecular weight excluding hydrogens is 669 g/mol. The second-order valence-electron chi connectivity index (χ2n) is 9.90. The number of imidazole rings is 2. The number of hydrogen-bond acceptors (Lipinski definition) is 17. The van der Waals surface area contributed by atoms with Gasteiger partial charge in [0.05, 0.1) is 25.9 Å². The number of anilines is 2. The number of rotatable bonds is 2. The third kappa shape index (κ3) is 5.26. The van der Waals surface area contributed by atoms with Gasteiger partial charge in [-0.1, -0.05) is 24.5 Å². The van der Waals surface area contributed by atoms with Crippen LogP contribution >= 0.6 is 38.1 Å². The molecule has 0 spiro atoms. The largest absolute Gasteiger partial charge is 0.386 e. The van der Waals surface area contributed by atoms with Crippen molar-refractivity contribution in [3.8, 4) is 0 Å². The number of nitrogens with two attached hydrogens (primary N) is 2. The van der Waals surface area contributed by atoms with Crippen molar-refractivity contribution in [2.45, 2.75) is 49.1 Å². The highest BCUT2D eigenvalue weighted by molar-refractivity contribution is 8.44. The predicted molar refractivity (Wildman–Crippen MR) is 153 cm³/mol. The number of hydrogen-bond donors (Lipinski definition) is 5. The standard InChI is InChI=1S/C20H23FN10O9P2S2/c21-9-13-7(37-19(9)30-5-28-10-15(22)24-3-26-17(10)30)1-35-42(34,44)40-14-8(2-36-41(33,43)39-13)38-20(12(14)32)31-6-29-11-16(23)25-4-27-18(11)31/h3-9,12-14,19-20,32H,1-2H2,(H,33,43)(H,34,44)(H2,22,24,26)(H2,23,25,27)/t7-,8-,9-,12-,13-,14-,19-,20-,41+,42+/m1/s1. The first-order valence-corrected chi connectivity index (χ1v) is 18.1. The van der Waals surface area contributed by atoms with Gasteiger partial charge in [-0.05, 0) is 0 Å². The van der Waals surface area contributed by atoms with Crippen molar-refractivity contribution in [1.82, 2.24) is 39.0 Å². The lowest BCUT2D eigenvalue weighted by atomic mass is 10.1. The Balaban J connectivity index is 1.17. The zero-order chi connectivity index (χ0) is 31.0. The summed E-state index contributed by atoms with van der Waals surface area (Å²) in [6, 6.07) is 0. The molecule has 0 saturated carbocycles. The second-order valence-corrected chi connectivity index (χ2v) is 15.7. The summed E-state index contributed by atoms with van der Waals surface area (Å²) in [5.74, 6) is 0.152. The van der Waals surface area contributed by atoms with Gasteiger partial charge in [0.25, 0.3) is 0 Å². The summed E-state index contributed by atoms with van der Waals surface area (Å²) in [5, 5.41) is 11.2. The van der Waals surface area contributed by atoms with Crippen LogP contribution in [0.4, 0.5) is 16.0 Å². The van der Waals surface area contributed by atoms with Crippen LogP contribution < -0.4 is 11.5 Å². The first kappa shape index (κ1) is 30.2. The minimum atomic E-state index is -4.34. The molecule has 3 aliphatic rings. The maximum absolute atomic E-state index is 16.0. The highest BCUT2D eigenvalue weighted by Gasteiger charge is 2.54. The minimum absolute atomic E-state index is 0.0606. The molecule has 0 radical (unpaired) electrons. The Morgan fingerprint density at radius 1 is 0.795 bits per heavy atom. The molecule has 44 heavy (non-hydrogen) atoms. The summed E-state index contributed by atoms with van der Waals surface area (Å²) >= 11 is 8.07. The molecule has 0 unspecified atom stereocenters. The fourth-order valence-corrected chi connectivity index (χ4v) is 8.18. The van der Waals surface area contributed by atoms with E-state index in [9.17, 15) is 14.2 Å². The fourth-order valence-electron chi connectivity index (χ4n) is 5.21. The van der Waals surface area contributed by atoms with Crippen molar-refractivity contribution in [3.05, 3.63) is 25.3 Å². The Bertz CT molecular complexity index is 1710. The summed E-state index contributed by atoms with van der Waals surface area (Å²) in [6.07, 6.45) is -6.81. The number of nitrogens with zero attached hydrogens (tertiary/aromatic N) is 8.